The van der Waals surface area contributed by atoms with Crippen LogP contribution in [0.1, 0.15) is 33.6 Å². The minimum absolute atomic E-state index is 0.143. The number of aliphatic hydroxyl groups excluding tert-OH is 1. The third kappa shape index (κ3) is 7.21. The van der Waals surface area contributed by atoms with E-state index in [1.165, 1.54) is 0 Å². The van der Waals surface area contributed by atoms with Crippen molar-refractivity contribution in [1.82, 2.24) is 10.2 Å². The van der Waals surface area contributed by atoms with E-state index in [9.17, 15) is 14.1 Å². The van der Waals surface area contributed by atoms with Gasteiger partial charge in [0, 0.05) is 0 Å². The topological polar surface area (TPSA) is 99.1 Å². The lowest BCUT2D eigenvalue weighted by Gasteiger charge is -2.35. The first-order valence-corrected chi connectivity index (χ1v) is 8.39. The highest BCUT2D eigenvalue weighted by atomic mass is 32.2. The summed E-state index contributed by atoms with van der Waals surface area (Å²) in [4.78, 5) is 13.7. The molecule has 1 aliphatic heterocycles. The predicted octanol–water partition coefficient (Wildman–Crippen LogP) is 0.763. The van der Waals surface area contributed by atoms with Crippen LogP contribution in [0.2, 0.25) is 0 Å². The van der Waals surface area contributed by atoms with Gasteiger partial charge in [0.25, 0.3) is 0 Å². The van der Waals surface area contributed by atoms with Gasteiger partial charge in [0.2, 0.25) is 0 Å². The number of alkyl carbamates (subject to hydrolysis) is 1. The van der Waals surface area contributed by atoms with Gasteiger partial charge in [0.1, 0.15) is 11.5 Å². The summed E-state index contributed by atoms with van der Waals surface area (Å²) in [7, 11) is 0. The first-order chi connectivity index (χ1) is 9.71. The summed E-state index contributed by atoms with van der Waals surface area (Å²) < 4.78 is 24.8. The molecule has 124 valence electrons. The van der Waals surface area contributed by atoms with Crippen LogP contribution >= 0.6 is 0 Å². The van der Waals surface area contributed by atoms with E-state index in [4.69, 9.17) is 9.29 Å². The lowest BCUT2D eigenvalue weighted by atomic mass is 9.90. The molecule has 0 aliphatic carbocycles. The minimum Gasteiger partial charge on any atom is -0.444 e. The van der Waals surface area contributed by atoms with Crippen LogP contribution in [-0.2, 0) is 15.8 Å². The second-order valence-electron chi connectivity index (χ2n) is 6.34. The van der Waals surface area contributed by atoms with Crippen molar-refractivity contribution in [1.29, 1.82) is 0 Å². The molecule has 0 spiro atoms. The van der Waals surface area contributed by atoms with Gasteiger partial charge in [-0.15, -0.1) is 0 Å². The van der Waals surface area contributed by atoms with E-state index in [-0.39, 0.29) is 24.4 Å². The van der Waals surface area contributed by atoms with Gasteiger partial charge in [0.15, 0.2) is 11.1 Å². The van der Waals surface area contributed by atoms with Crippen molar-refractivity contribution in [2.75, 3.05) is 25.6 Å². The Bertz CT molecular complexity index is 364. The molecule has 0 aromatic carbocycles. The van der Waals surface area contributed by atoms with Crippen LogP contribution in [-0.4, -0.2) is 62.1 Å². The van der Waals surface area contributed by atoms with Crippen LogP contribution in [0, 0.1) is 5.92 Å². The number of ether oxygens (including phenoxy) is 1. The maximum atomic E-state index is 11.8. The highest BCUT2D eigenvalue weighted by Gasteiger charge is 2.29. The Kier molecular flexibility index (Phi) is 7.05. The predicted molar refractivity (Wildman–Crippen MR) is 80.2 cm³/mol. The second kappa shape index (κ2) is 8.07. The maximum Gasteiger partial charge on any atom is 0.407 e. The van der Waals surface area contributed by atoms with Crippen LogP contribution in [0.4, 0.5) is 4.79 Å². The Morgan fingerprint density at radius 2 is 2.00 bits per heavy atom. The Labute approximate surface area is 128 Å². The van der Waals surface area contributed by atoms with Gasteiger partial charge >= 0.3 is 6.09 Å². The van der Waals surface area contributed by atoms with Crippen LogP contribution in [0.5, 0.6) is 0 Å². The molecule has 0 saturated carbocycles. The highest BCUT2D eigenvalue weighted by Crippen LogP contribution is 2.21. The Balaban J connectivity index is 2.44. The molecule has 2 unspecified atom stereocenters. The van der Waals surface area contributed by atoms with Crippen molar-refractivity contribution in [2.45, 2.75) is 45.3 Å². The fraction of sp³-hybridized carbons (Fsp3) is 0.923. The molecule has 0 aromatic rings. The zero-order valence-electron chi connectivity index (χ0n) is 12.9. The van der Waals surface area contributed by atoms with Gasteiger partial charge < -0.3 is 19.7 Å². The molecule has 1 amide bonds. The van der Waals surface area contributed by atoms with Crippen molar-refractivity contribution >= 4 is 17.2 Å². The van der Waals surface area contributed by atoms with Crippen molar-refractivity contribution < 1.29 is 23.4 Å². The van der Waals surface area contributed by atoms with E-state index in [0.29, 0.717) is 13.1 Å². The SMILES string of the molecule is CC(C)(C)OC(=O)NC(CO)C1CCN(CS(=O)O)CC1. The molecule has 1 saturated heterocycles. The molecule has 1 aliphatic rings. The Hall–Kier alpha value is -0.700. The Morgan fingerprint density at radius 1 is 1.43 bits per heavy atom. The number of rotatable bonds is 5. The molecule has 1 rings (SSSR count). The van der Waals surface area contributed by atoms with E-state index in [1.54, 1.807) is 20.8 Å². The molecule has 1 heterocycles. The molecule has 3 N–H and O–H groups in total. The minimum atomic E-state index is -1.82. The summed E-state index contributed by atoms with van der Waals surface area (Å²) in [6, 6.07) is -0.346. The van der Waals surface area contributed by atoms with Gasteiger partial charge in [-0.05, 0) is 52.6 Å². The standard InChI is InChI=1S/C13H26N2O5S/c1-13(2,3)20-12(17)14-11(8-16)10-4-6-15(7-5-10)9-21(18)19/h10-11,16H,4-9H2,1-3H3,(H,14,17)(H,18,19). The van der Waals surface area contributed by atoms with Crippen molar-refractivity contribution in [3.63, 3.8) is 0 Å². The Morgan fingerprint density at radius 3 is 2.43 bits per heavy atom. The van der Waals surface area contributed by atoms with Gasteiger partial charge in [-0.2, -0.15) is 0 Å². The first-order valence-electron chi connectivity index (χ1n) is 7.11. The largest absolute Gasteiger partial charge is 0.444 e. The van der Waals surface area contributed by atoms with E-state index < -0.39 is 22.8 Å². The zero-order valence-corrected chi connectivity index (χ0v) is 13.7. The fourth-order valence-electron chi connectivity index (χ4n) is 2.41. The van der Waals surface area contributed by atoms with E-state index >= 15 is 0 Å². The third-order valence-electron chi connectivity index (χ3n) is 3.39. The molecular weight excluding hydrogens is 296 g/mol. The number of likely N-dealkylation sites (tertiary alicyclic amines) is 1. The molecule has 0 aromatic heterocycles. The molecule has 7 nitrogen and oxygen atoms in total. The molecule has 8 heteroatoms. The number of hydrogen-bond donors (Lipinski definition) is 3. The smallest absolute Gasteiger partial charge is 0.407 e. The first kappa shape index (κ1) is 18.3. The maximum absolute atomic E-state index is 11.8. The number of nitrogens with one attached hydrogen (secondary N) is 1. The summed E-state index contributed by atoms with van der Waals surface area (Å²) in [5.74, 6) is 0.293. The average Bonchev–Trinajstić information content (AvgIpc) is 2.34. The number of hydrogen-bond acceptors (Lipinski definition) is 5. The number of carbonyl (C=O) groups is 1. The number of amides is 1. The lowest BCUT2D eigenvalue weighted by molar-refractivity contribution is 0.0426. The summed E-state index contributed by atoms with van der Waals surface area (Å²) in [5.41, 5.74) is -0.571. The fourth-order valence-corrected chi connectivity index (χ4v) is 2.98. The summed E-state index contributed by atoms with van der Waals surface area (Å²) >= 11 is -1.82. The van der Waals surface area contributed by atoms with Gasteiger partial charge in [-0.1, -0.05) is 0 Å². The van der Waals surface area contributed by atoms with Crippen LogP contribution in [0.25, 0.3) is 0 Å². The zero-order chi connectivity index (χ0) is 16.0. The number of piperidine rings is 1. The van der Waals surface area contributed by atoms with Crippen molar-refractivity contribution in [2.24, 2.45) is 5.92 Å². The second-order valence-corrected chi connectivity index (χ2v) is 7.24. The number of carbonyl (C=O) groups excluding carboxylic acids is 1. The molecule has 2 atom stereocenters. The van der Waals surface area contributed by atoms with Gasteiger partial charge in [-0.25, -0.2) is 9.00 Å². The van der Waals surface area contributed by atoms with Crippen molar-refractivity contribution in [3.05, 3.63) is 0 Å². The number of aliphatic hydroxyl groups is 1. The monoisotopic (exact) mass is 322 g/mol. The third-order valence-corrected chi connectivity index (χ3v) is 3.98. The number of nitrogens with zero attached hydrogens (tertiary/aromatic N) is 1. The van der Waals surface area contributed by atoms with E-state index in [1.807, 2.05) is 4.90 Å². The van der Waals surface area contributed by atoms with Crippen LogP contribution in [0.15, 0.2) is 0 Å². The molecular formula is C13H26N2O5S. The summed E-state index contributed by atoms with van der Waals surface area (Å²) in [6.45, 7) is 6.58. The summed E-state index contributed by atoms with van der Waals surface area (Å²) in [6.07, 6.45) is 0.997. The van der Waals surface area contributed by atoms with Gasteiger partial charge in [0.05, 0.1) is 12.6 Å². The van der Waals surface area contributed by atoms with Crippen LogP contribution in [0.3, 0.4) is 0 Å². The van der Waals surface area contributed by atoms with Crippen LogP contribution < -0.4 is 5.32 Å². The van der Waals surface area contributed by atoms with E-state index in [0.717, 1.165) is 12.8 Å². The molecule has 0 bridgehead atoms. The lowest BCUT2D eigenvalue weighted by Crippen LogP contribution is -2.48. The van der Waals surface area contributed by atoms with E-state index in [2.05, 4.69) is 5.32 Å². The summed E-state index contributed by atoms with van der Waals surface area (Å²) in [5, 5.41) is 12.2. The quantitative estimate of drug-likeness (QED) is 0.647. The molecule has 1 fully saturated rings. The average molecular weight is 322 g/mol. The molecule has 0 radical (unpaired) electrons. The molecule has 21 heavy (non-hydrogen) atoms. The normalized spacial score (nSPS) is 20.8. The van der Waals surface area contributed by atoms with Crippen molar-refractivity contribution in [3.8, 4) is 0 Å². The highest BCUT2D eigenvalue weighted by molar-refractivity contribution is 7.79. The van der Waals surface area contributed by atoms with Gasteiger partial charge in [-0.3, -0.25) is 4.90 Å².